The molecule has 0 bridgehead atoms. The first-order valence-electron chi connectivity index (χ1n) is 7.95. The highest BCUT2D eigenvalue weighted by atomic mass is 15.1. The number of nitriles is 1. The van der Waals surface area contributed by atoms with Gasteiger partial charge in [0.05, 0.1) is 17.3 Å². The van der Waals surface area contributed by atoms with Gasteiger partial charge < -0.3 is 0 Å². The first kappa shape index (κ1) is 13.5. The molecule has 0 fully saturated rings. The summed E-state index contributed by atoms with van der Waals surface area (Å²) in [5.41, 5.74) is 7.32. The van der Waals surface area contributed by atoms with Crippen LogP contribution >= 0.6 is 0 Å². The summed E-state index contributed by atoms with van der Waals surface area (Å²) in [5, 5.41) is 9.21. The Balaban J connectivity index is 1.86. The van der Waals surface area contributed by atoms with Crippen LogP contribution in [0.1, 0.15) is 36.3 Å². The molecule has 0 radical (unpaired) electrons. The van der Waals surface area contributed by atoms with E-state index in [2.05, 4.69) is 30.2 Å². The van der Waals surface area contributed by atoms with Gasteiger partial charge in [-0.05, 0) is 55.2 Å². The van der Waals surface area contributed by atoms with E-state index in [0.717, 1.165) is 31.5 Å². The number of aliphatic imine (C=N–C) groups is 1. The topological polar surface area (TPSA) is 39.4 Å². The van der Waals surface area contributed by atoms with Gasteiger partial charge in [-0.25, -0.2) is 0 Å². The fourth-order valence-electron chi connectivity index (χ4n) is 3.87. The summed E-state index contributed by atoms with van der Waals surface area (Å²) in [4.78, 5) is 7.28. The minimum absolute atomic E-state index is 0.293. The van der Waals surface area contributed by atoms with Gasteiger partial charge in [-0.1, -0.05) is 18.2 Å². The second-order valence-corrected chi connectivity index (χ2v) is 6.42. The Morgan fingerprint density at radius 3 is 3.09 bits per heavy atom. The molecule has 3 heteroatoms. The number of rotatable bonds is 1. The van der Waals surface area contributed by atoms with Crippen LogP contribution in [0, 0.1) is 11.3 Å². The van der Waals surface area contributed by atoms with Gasteiger partial charge in [-0.3, -0.25) is 9.89 Å². The predicted molar refractivity (Wildman–Crippen MR) is 87.8 cm³/mol. The Bertz CT molecular complexity index is 761. The molecular weight excluding hydrogens is 270 g/mol. The van der Waals surface area contributed by atoms with Gasteiger partial charge in [0.2, 0.25) is 0 Å². The van der Waals surface area contributed by atoms with Crippen LogP contribution in [0.3, 0.4) is 0 Å². The molecule has 1 aromatic carbocycles. The van der Waals surface area contributed by atoms with Crippen LogP contribution in [0.5, 0.6) is 0 Å². The standard InChI is InChI=1S/C19H19N3/c1-22-11-16-18(12-22)21-17-8-3-2-7-15(17)19(16)14-6-4-5-13(9-14)10-20/h4-7,9,19H,2-3,8,11-12H2,1H3. The van der Waals surface area contributed by atoms with Crippen molar-refractivity contribution in [3.05, 3.63) is 58.3 Å². The maximum absolute atomic E-state index is 9.21. The molecule has 0 saturated carbocycles. The van der Waals surface area contributed by atoms with Crippen molar-refractivity contribution in [2.75, 3.05) is 20.1 Å². The predicted octanol–water partition coefficient (Wildman–Crippen LogP) is 3.41. The lowest BCUT2D eigenvalue weighted by Crippen LogP contribution is -2.22. The molecular formula is C19H19N3. The molecule has 0 saturated heterocycles. The summed E-state index contributed by atoms with van der Waals surface area (Å²) in [5.74, 6) is 0.293. The smallest absolute Gasteiger partial charge is 0.0991 e. The Hall–Kier alpha value is -2.18. The van der Waals surface area contributed by atoms with Crippen LogP contribution in [0.25, 0.3) is 0 Å². The highest BCUT2D eigenvalue weighted by molar-refractivity contribution is 6.04. The van der Waals surface area contributed by atoms with Crippen LogP contribution in [0.4, 0.5) is 0 Å². The molecule has 0 aromatic heterocycles. The average molecular weight is 289 g/mol. The molecule has 22 heavy (non-hydrogen) atoms. The van der Waals surface area contributed by atoms with Gasteiger partial charge in [0, 0.05) is 24.7 Å². The number of fused-ring (bicyclic) bond motifs is 1. The molecule has 0 amide bonds. The van der Waals surface area contributed by atoms with Crippen LogP contribution in [-0.4, -0.2) is 30.7 Å². The third kappa shape index (κ3) is 2.12. The molecule has 2 aliphatic heterocycles. The summed E-state index contributed by atoms with van der Waals surface area (Å²) in [6, 6.07) is 10.4. The van der Waals surface area contributed by atoms with Crippen LogP contribution in [0.15, 0.2) is 52.2 Å². The van der Waals surface area contributed by atoms with Gasteiger partial charge in [0.1, 0.15) is 0 Å². The van der Waals surface area contributed by atoms with Gasteiger partial charge in [-0.15, -0.1) is 0 Å². The van der Waals surface area contributed by atoms with E-state index in [1.807, 2.05) is 18.2 Å². The van der Waals surface area contributed by atoms with Crippen molar-refractivity contribution in [2.24, 2.45) is 4.99 Å². The fourth-order valence-corrected chi connectivity index (χ4v) is 3.87. The Kier molecular flexibility index (Phi) is 3.20. The van der Waals surface area contributed by atoms with E-state index in [4.69, 9.17) is 4.99 Å². The minimum atomic E-state index is 0.293. The maximum Gasteiger partial charge on any atom is 0.0991 e. The summed E-state index contributed by atoms with van der Waals surface area (Å²) in [6.45, 7) is 1.92. The third-order valence-electron chi connectivity index (χ3n) is 4.82. The van der Waals surface area contributed by atoms with Gasteiger partial charge in [0.25, 0.3) is 0 Å². The van der Waals surface area contributed by atoms with Crippen molar-refractivity contribution < 1.29 is 0 Å². The van der Waals surface area contributed by atoms with E-state index in [1.165, 1.54) is 34.5 Å². The Labute approximate surface area is 131 Å². The number of nitrogens with zero attached hydrogens (tertiary/aromatic N) is 3. The molecule has 0 spiro atoms. The molecule has 4 rings (SSSR count). The monoisotopic (exact) mass is 289 g/mol. The second kappa shape index (κ2) is 5.23. The zero-order chi connectivity index (χ0) is 15.1. The largest absolute Gasteiger partial charge is 0.297 e. The molecule has 1 aliphatic carbocycles. The quantitative estimate of drug-likeness (QED) is 0.795. The normalized spacial score (nSPS) is 24.3. The van der Waals surface area contributed by atoms with E-state index >= 15 is 0 Å². The molecule has 2 heterocycles. The first-order chi connectivity index (χ1) is 10.8. The van der Waals surface area contributed by atoms with Crippen molar-refractivity contribution in [1.29, 1.82) is 5.26 Å². The zero-order valence-corrected chi connectivity index (χ0v) is 12.8. The van der Waals surface area contributed by atoms with Gasteiger partial charge in [-0.2, -0.15) is 5.26 Å². The number of allylic oxidation sites excluding steroid dienone is 2. The second-order valence-electron chi connectivity index (χ2n) is 6.42. The lowest BCUT2D eigenvalue weighted by molar-refractivity contribution is 0.421. The van der Waals surface area contributed by atoms with Gasteiger partial charge in [0.15, 0.2) is 0 Å². The van der Waals surface area contributed by atoms with E-state index in [9.17, 15) is 5.26 Å². The number of benzene rings is 1. The molecule has 3 aliphatic rings. The Morgan fingerprint density at radius 1 is 1.32 bits per heavy atom. The highest BCUT2D eigenvalue weighted by Gasteiger charge is 2.35. The molecule has 110 valence electrons. The number of likely N-dealkylation sites (N-methyl/N-ethyl adjacent to an activating group) is 1. The summed E-state index contributed by atoms with van der Waals surface area (Å²) >= 11 is 0. The molecule has 1 unspecified atom stereocenters. The van der Waals surface area contributed by atoms with E-state index in [-0.39, 0.29) is 0 Å². The summed E-state index contributed by atoms with van der Waals surface area (Å²) < 4.78 is 0. The van der Waals surface area contributed by atoms with Crippen molar-refractivity contribution >= 4 is 5.71 Å². The average Bonchev–Trinajstić information content (AvgIpc) is 2.92. The van der Waals surface area contributed by atoms with Gasteiger partial charge >= 0.3 is 0 Å². The van der Waals surface area contributed by atoms with E-state index in [0.29, 0.717) is 5.92 Å². The molecule has 0 N–H and O–H groups in total. The van der Waals surface area contributed by atoms with Crippen LogP contribution in [-0.2, 0) is 0 Å². The Morgan fingerprint density at radius 2 is 2.23 bits per heavy atom. The van der Waals surface area contributed by atoms with E-state index < -0.39 is 0 Å². The molecule has 3 nitrogen and oxygen atoms in total. The number of hydrogen-bond donors (Lipinski definition) is 0. The summed E-state index contributed by atoms with van der Waals surface area (Å²) in [7, 11) is 2.15. The van der Waals surface area contributed by atoms with E-state index in [1.54, 1.807) is 0 Å². The zero-order valence-electron chi connectivity index (χ0n) is 12.8. The van der Waals surface area contributed by atoms with Crippen LogP contribution < -0.4 is 0 Å². The molecule has 1 aromatic rings. The van der Waals surface area contributed by atoms with Crippen molar-refractivity contribution in [3.63, 3.8) is 0 Å². The third-order valence-corrected chi connectivity index (χ3v) is 4.82. The van der Waals surface area contributed by atoms with Crippen molar-refractivity contribution in [1.82, 2.24) is 4.90 Å². The molecule has 1 atom stereocenters. The number of hydrogen-bond acceptors (Lipinski definition) is 3. The maximum atomic E-state index is 9.21. The minimum Gasteiger partial charge on any atom is -0.297 e. The highest BCUT2D eigenvalue weighted by Crippen LogP contribution is 2.43. The van der Waals surface area contributed by atoms with Crippen molar-refractivity contribution in [2.45, 2.75) is 25.2 Å². The fraction of sp³-hybridized carbons (Fsp3) is 0.368. The lowest BCUT2D eigenvalue weighted by atomic mass is 9.76. The lowest BCUT2D eigenvalue weighted by Gasteiger charge is -2.30. The van der Waals surface area contributed by atoms with Crippen molar-refractivity contribution in [3.8, 4) is 6.07 Å². The SMILES string of the molecule is CN1CC2=C(C1)C(c1cccc(C#N)c1)C1=CCCCC1=N2. The van der Waals surface area contributed by atoms with Crippen LogP contribution in [0.2, 0.25) is 0 Å². The first-order valence-corrected chi connectivity index (χ1v) is 7.95. The summed E-state index contributed by atoms with van der Waals surface area (Å²) in [6.07, 6.45) is 5.79.